The quantitative estimate of drug-likeness (QED) is 0.887. The van der Waals surface area contributed by atoms with Crippen LogP contribution in [0.25, 0.3) is 0 Å². The highest BCUT2D eigenvalue weighted by Gasteiger charge is 2.46. The monoisotopic (exact) mass is 358 g/mol. The summed E-state index contributed by atoms with van der Waals surface area (Å²) in [5.74, 6) is -0.329. The van der Waals surface area contributed by atoms with Crippen LogP contribution in [0.2, 0.25) is 0 Å². The van der Waals surface area contributed by atoms with Crippen LogP contribution in [0.4, 0.5) is 11.4 Å². The number of carbonyl (C=O) groups is 2. The first-order valence-corrected chi connectivity index (χ1v) is 7.72. The second-order valence-corrected chi connectivity index (χ2v) is 6.25. The lowest BCUT2D eigenvalue weighted by Crippen LogP contribution is -2.62. The number of fused-ring (bicyclic) bond motifs is 1. The number of benzene rings is 2. The molecular formula is C17H15BrN2O2. The summed E-state index contributed by atoms with van der Waals surface area (Å²) in [6.07, 6.45) is 0. The average molecular weight is 359 g/mol. The molecule has 1 aliphatic rings. The highest BCUT2D eigenvalue weighted by molar-refractivity contribution is 9.10. The fourth-order valence-electron chi connectivity index (χ4n) is 2.65. The topological polar surface area (TPSA) is 49.4 Å². The predicted molar refractivity (Wildman–Crippen MR) is 90.1 cm³/mol. The van der Waals surface area contributed by atoms with Crippen LogP contribution in [0.15, 0.2) is 53.0 Å². The van der Waals surface area contributed by atoms with Gasteiger partial charge < -0.3 is 5.32 Å². The van der Waals surface area contributed by atoms with E-state index in [2.05, 4.69) is 21.2 Å². The van der Waals surface area contributed by atoms with Gasteiger partial charge in [-0.05, 0) is 54.0 Å². The molecule has 1 aliphatic heterocycles. The Morgan fingerprint density at radius 3 is 2.45 bits per heavy atom. The number of rotatable bonds is 2. The largest absolute Gasteiger partial charge is 0.356 e. The van der Waals surface area contributed by atoms with Gasteiger partial charge in [0.25, 0.3) is 5.91 Å². The highest BCUT2D eigenvalue weighted by atomic mass is 79.9. The van der Waals surface area contributed by atoms with Crippen molar-refractivity contribution in [1.82, 2.24) is 0 Å². The van der Waals surface area contributed by atoms with Gasteiger partial charge in [-0.25, -0.2) is 0 Å². The number of Topliss-reactive ketones (excluding diaryl/α,β-unsaturated/α-hetero) is 1. The predicted octanol–water partition coefficient (Wildman–Crippen LogP) is 3.83. The number of amides is 1. The van der Waals surface area contributed by atoms with Gasteiger partial charge in [0, 0.05) is 10.2 Å². The van der Waals surface area contributed by atoms with Crippen molar-refractivity contribution in [1.29, 1.82) is 0 Å². The summed E-state index contributed by atoms with van der Waals surface area (Å²) in [6, 6.07) is 14.6. The minimum absolute atomic E-state index is 0.133. The van der Waals surface area contributed by atoms with Crippen LogP contribution in [0.1, 0.15) is 24.2 Å². The molecule has 0 aromatic heterocycles. The minimum atomic E-state index is -1.13. The molecule has 112 valence electrons. The van der Waals surface area contributed by atoms with Gasteiger partial charge in [-0.2, -0.15) is 0 Å². The molecule has 0 aliphatic carbocycles. The second kappa shape index (κ2) is 5.25. The van der Waals surface area contributed by atoms with Gasteiger partial charge in [-0.15, -0.1) is 0 Å². The van der Waals surface area contributed by atoms with Crippen molar-refractivity contribution >= 4 is 39.0 Å². The Balaban J connectivity index is 2.24. The molecule has 0 radical (unpaired) electrons. The van der Waals surface area contributed by atoms with E-state index in [0.717, 1.165) is 4.47 Å². The molecule has 0 fully saturated rings. The maximum Gasteiger partial charge on any atom is 0.262 e. The Kier molecular flexibility index (Phi) is 3.53. The van der Waals surface area contributed by atoms with Crippen molar-refractivity contribution < 1.29 is 9.59 Å². The summed E-state index contributed by atoms with van der Waals surface area (Å²) in [4.78, 5) is 26.8. The summed E-state index contributed by atoms with van der Waals surface area (Å²) in [6.45, 7) is 3.21. The molecule has 22 heavy (non-hydrogen) atoms. The SMILES string of the molecule is CC(=O)C1(C)Nc2ccccc2C(=O)N1c1ccccc1Br. The third-order valence-corrected chi connectivity index (χ3v) is 4.64. The second-order valence-electron chi connectivity index (χ2n) is 5.39. The molecule has 2 aromatic rings. The summed E-state index contributed by atoms with van der Waals surface area (Å²) in [5, 5.41) is 3.21. The number of ketones is 1. The van der Waals surface area contributed by atoms with E-state index in [-0.39, 0.29) is 11.7 Å². The molecule has 4 nitrogen and oxygen atoms in total. The van der Waals surface area contributed by atoms with Gasteiger partial charge in [-0.3, -0.25) is 14.5 Å². The summed E-state index contributed by atoms with van der Waals surface area (Å²) in [7, 11) is 0. The lowest BCUT2D eigenvalue weighted by atomic mass is 9.96. The van der Waals surface area contributed by atoms with E-state index in [9.17, 15) is 9.59 Å². The number of hydrogen-bond donors (Lipinski definition) is 1. The Morgan fingerprint density at radius 2 is 1.77 bits per heavy atom. The van der Waals surface area contributed by atoms with Crippen LogP contribution in [0.3, 0.4) is 0 Å². The van der Waals surface area contributed by atoms with Gasteiger partial charge in [0.15, 0.2) is 11.4 Å². The molecule has 5 heteroatoms. The zero-order chi connectivity index (χ0) is 15.9. The molecular weight excluding hydrogens is 344 g/mol. The molecule has 0 bridgehead atoms. The van der Waals surface area contributed by atoms with Crippen LogP contribution >= 0.6 is 15.9 Å². The third kappa shape index (κ3) is 2.13. The molecule has 0 saturated heterocycles. The number of hydrogen-bond acceptors (Lipinski definition) is 3. The average Bonchev–Trinajstić information content (AvgIpc) is 2.49. The van der Waals surface area contributed by atoms with Crippen molar-refractivity contribution in [3.63, 3.8) is 0 Å². The molecule has 2 aromatic carbocycles. The Hall–Kier alpha value is -2.14. The van der Waals surface area contributed by atoms with E-state index in [1.54, 1.807) is 13.0 Å². The number of halogens is 1. The van der Waals surface area contributed by atoms with Crippen molar-refractivity contribution in [2.24, 2.45) is 0 Å². The first-order valence-electron chi connectivity index (χ1n) is 6.92. The number of para-hydroxylation sites is 2. The zero-order valence-corrected chi connectivity index (χ0v) is 13.8. The zero-order valence-electron chi connectivity index (χ0n) is 12.3. The summed E-state index contributed by atoms with van der Waals surface area (Å²) >= 11 is 3.47. The van der Waals surface area contributed by atoms with E-state index < -0.39 is 5.66 Å². The van der Waals surface area contributed by atoms with Crippen LogP contribution in [0.5, 0.6) is 0 Å². The maximum absolute atomic E-state index is 13.0. The van der Waals surface area contributed by atoms with E-state index in [0.29, 0.717) is 16.9 Å². The third-order valence-electron chi connectivity index (χ3n) is 3.96. The fourth-order valence-corrected chi connectivity index (χ4v) is 3.11. The van der Waals surface area contributed by atoms with E-state index in [1.807, 2.05) is 42.5 Å². The van der Waals surface area contributed by atoms with Crippen LogP contribution < -0.4 is 10.2 Å². The van der Waals surface area contributed by atoms with E-state index >= 15 is 0 Å². The van der Waals surface area contributed by atoms with Crippen LogP contribution in [0, 0.1) is 0 Å². The standard InChI is InChI=1S/C17H15BrN2O2/c1-11(21)17(2)19-14-9-5-3-7-12(14)16(22)20(17)15-10-6-4-8-13(15)18/h3-10,19H,1-2H3. The van der Waals surface area contributed by atoms with Crippen molar-refractivity contribution in [3.05, 3.63) is 58.6 Å². The number of carbonyl (C=O) groups excluding carboxylic acids is 2. The molecule has 1 unspecified atom stereocenters. The van der Waals surface area contributed by atoms with Gasteiger partial charge >= 0.3 is 0 Å². The van der Waals surface area contributed by atoms with Crippen molar-refractivity contribution in [2.75, 3.05) is 10.2 Å². The van der Waals surface area contributed by atoms with Crippen molar-refractivity contribution in [3.8, 4) is 0 Å². The molecule has 1 atom stereocenters. The van der Waals surface area contributed by atoms with Crippen molar-refractivity contribution in [2.45, 2.75) is 19.5 Å². The van der Waals surface area contributed by atoms with Gasteiger partial charge in [0.1, 0.15) is 0 Å². The smallest absolute Gasteiger partial charge is 0.262 e. The van der Waals surface area contributed by atoms with Crippen LogP contribution in [-0.4, -0.2) is 17.4 Å². The molecule has 0 spiro atoms. The molecule has 3 rings (SSSR count). The van der Waals surface area contributed by atoms with Gasteiger partial charge in [-0.1, -0.05) is 24.3 Å². The molecule has 1 N–H and O–H groups in total. The number of nitrogens with one attached hydrogen (secondary N) is 1. The maximum atomic E-state index is 13.0. The Morgan fingerprint density at radius 1 is 1.14 bits per heavy atom. The van der Waals surface area contributed by atoms with Gasteiger partial charge in [0.05, 0.1) is 11.3 Å². The van der Waals surface area contributed by atoms with Crippen LogP contribution in [-0.2, 0) is 4.79 Å². The Bertz CT molecular complexity index is 775. The molecule has 0 saturated carbocycles. The number of nitrogens with zero attached hydrogens (tertiary/aromatic N) is 1. The Labute approximate surface area is 137 Å². The summed E-state index contributed by atoms with van der Waals surface area (Å²) in [5.41, 5.74) is 0.757. The highest BCUT2D eigenvalue weighted by Crippen LogP contribution is 2.38. The first-order chi connectivity index (χ1) is 10.4. The van der Waals surface area contributed by atoms with E-state index in [1.165, 1.54) is 11.8 Å². The molecule has 1 heterocycles. The normalized spacial score (nSPS) is 20.3. The minimum Gasteiger partial charge on any atom is -0.356 e. The van der Waals surface area contributed by atoms with Gasteiger partial charge in [0.2, 0.25) is 0 Å². The number of anilines is 2. The lowest BCUT2D eigenvalue weighted by molar-refractivity contribution is -0.120. The van der Waals surface area contributed by atoms with E-state index in [4.69, 9.17) is 0 Å². The lowest BCUT2D eigenvalue weighted by Gasteiger charge is -2.44. The molecule has 1 amide bonds. The summed E-state index contributed by atoms with van der Waals surface area (Å²) < 4.78 is 0.761. The first kappa shape index (κ1) is 14.8. The fraction of sp³-hybridized carbons (Fsp3) is 0.176.